The molecule has 0 saturated carbocycles. The molecule has 2 heterocycles. The van der Waals surface area contributed by atoms with Crippen LogP contribution >= 0.6 is 0 Å². The number of nitrogens with zero attached hydrogens (tertiary/aromatic N) is 1. The number of hydrogen-bond donors (Lipinski definition) is 1. The van der Waals surface area contributed by atoms with Crippen molar-refractivity contribution < 1.29 is 28.6 Å². The first-order chi connectivity index (χ1) is 14.5. The summed E-state index contributed by atoms with van der Waals surface area (Å²) in [5.74, 6) is 0.510. The summed E-state index contributed by atoms with van der Waals surface area (Å²) >= 11 is 0. The van der Waals surface area contributed by atoms with Gasteiger partial charge >= 0.3 is 5.97 Å². The highest BCUT2D eigenvalue weighted by molar-refractivity contribution is 5.68. The van der Waals surface area contributed by atoms with E-state index in [1.807, 2.05) is 56.3 Å². The minimum absolute atomic E-state index is 0.342. The van der Waals surface area contributed by atoms with Crippen molar-refractivity contribution in [3.05, 3.63) is 71.1 Å². The number of aromatic nitrogens is 1. The number of benzene rings is 2. The molecule has 0 bridgehead atoms. The van der Waals surface area contributed by atoms with E-state index in [1.54, 1.807) is 0 Å². The largest absolute Gasteiger partial charge is 0.489 e. The van der Waals surface area contributed by atoms with Crippen molar-refractivity contribution in [2.75, 3.05) is 19.8 Å². The lowest BCUT2D eigenvalue weighted by molar-refractivity contribution is -0.220. The molecule has 0 amide bonds. The first kappa shape index (κ1) is 20.1. The Hall–Kier alpha value is -3.16. The molecule has 7 heteroatoms. The first-order valence-corrected chi connectivity index (χ1v) is 9.66. The lowest BCUT2D eigenvalue weighted by Crippen LogP contribution is -2.49. The second-order valence-corrected chi connectivity index (χ2v) is 7.38. The van der Waals surface area contributed by atoms with E-state index in [9.17, 15) is 4.79 Å². The highest BCUT2D eigenvalue weighted by Crippen LogP contribution is 2.34. The Labute approximate surface area is 174 Å². The Morgan fingerprint density at radius 3 is 2.53 bits per heavy atom. The molecule has 4 rings (SSSR count). The summed E-state index contributed by atoms with van der Waals surface area (Å²) in [7, 11) is 0. The smallest absolute Gasteiger partial charge is 0.329 e. The van der Waals surface area contributed by atoms with Crippen molar-refractivity contribution >= 4 is 5.97 Å². The molecular formula is C23H23NO6. The van der Waals surface area contributed by atoms with Crippen LogP contribution in [-0.4, -0.2) is 36.1 Å². The molecule has 1 saturated heterocycles. The normalized spacial score (nSPS) is 14.9. The van der Waals surface area contributed by atoms with Crippen LogP contribution in [0.5, 0.6) is 5.75 Å². The van der Waals surface area contributed by atoms with Crippen LogP contribution < -0.4 is 4.74 Å². The number of rotatable bonds is 8. The zero-order valence-corrected chi connectivity index (χ0v) is 16.9. The van der Waals surface area contributed by atoms with Crippen LogP contribution in [-0.2, 0) is 26.5 Å². The Morgan fingerprint density at radius 2 is 1.93 bits per heavy atom. The zero-order valence-electron chi connectivity index (χ0n) is 16.9. The molecule has 0 aliphatic carbocycles. The van der Waals surface area contributed by atoms with Crippen LogP contribution in [0.3, 0.4) is 0 Å². The van der Waals surface area contributed by atoms with Gasteiger partial charge in [0.05, 0.1) is 18.9 Å². The molecule has 30 heavy (non-hydrogen) atoms. The van der Waals surface area contributed by atoms with Crippen LogP contribution in [0.4, 0.5) is 0 Å². The van der Waals surface area contributed by atoms with Crippen LogP contribution in [0.1, 0.15) is 22.6 Å². The number of ether oxygens (including phenoxy) is 3. The molecule has 0 spiro atoms. The Balaban J connectivity index is 1.42. The summed E-state index contributed by atoms with van der Waals surface area (Å²) in [5.41, 5.74) is 4.13. The molecule has 1 aliphatic heterocycles. The van der Waals surface area contributed by atoms with Crippen molar-refractivity contribution in [1.82, 2.24) is 5.16 Å². The average Bonchev–Trinajstić information content (AvgIpc) is 3.04. The van der Waals surface area contributed by atoms with Gasteiger partial charge in [0.15, 0.2) is 0 Å². The fourth-order valence-corrected chi connectivity index (χ4v) is 3.55. The van der Waals surface area contributed by atoms with Crippen LogP contribution in [0, 0.1) is 13.8 Å². The van der Waals surface area contributed by atoms with Gasteiger partial charge in [0.25, 0.3) is 0 Å². The van der Waals surface area contributed by atoms with Crippen LogP contribution in [0.15, 0.2) is 53.1 Å². The van der Waals surface area contributed by atoms with Gasteiger partial charge in [-0.1, -0.05) is 35.5 Å². The third kappa shape index (κ3) is 4.08. The number of aryl methyl sites for hydroxylation is 2. The molecule has 2 aromatic carbocycles. The Bertz CT molecular complexity index is 1020. The monoisotopic (exact) mass is 409 g/mol. The molecule has 0 unspecified atom stereocenters. The highest BCUT2D eigenvalue weighted by atomic mass is 16.6. The number of carbonyl (C=O) groups is 1. The summed E-state index contributed by atoms with van der Waals surface area (Å²) in [5, 5.41) is 12.9. The van der Waals surface area contributed by atoms with Gasteiger partial charge in [0.1, 0.15) is 30.3 Å². The standard InChI is InChI=1S/C23H23NO6/c1-15-22(16(2)30-24-15)18-5-3-4-17(10-18)11-28-20-8-6-19(7-9-20)23(13-27-14-23)29-12-21(25)26/h3-10H,11-14H2,1-2H3,(H,25,26). The predicted molar refractivity (Wildman–Crippen MR) is 108 cm³/mol. The van der Waals surface area contributed by atoms with Crippen molar-refractivity contribution in [3.8, 4) is 16.9 Å². The van der Waals surface area contributed by atoms with E-state index in [1.165, 1.54) is 0 Å². The van der Waals surface area contributed by atoms with E-state index in [2.05, 4.69) is 11.2 Å². The number of carboxylic acids is 1. The maximum atomic E-state index is 10.8. The first-order valence-electron chi connectivity index (χ1n) is 9.66. The van der Waals surface area contributed by atoms with Crippen molar-refractivity contribution in [1.29, 1.82) is 0 Å². The van der Waals surface area contributed by atoms with Gasteiger partial charge in [-0.25, -0.2) is 4.79 Å². The topological polar surface area (TPSA) is 91.0 Å². The third-order valence-electron chi connectivity index (χ3n) is 5.18. The van der Waals surface area contributed by atoms with Crippen molar-refractivity contribution in [3.63, 3.8) is 0 Å². The number of aliphatic carboxylic acids is 1. The summed E-state index contributed by atoms with van der Waals surface area (Å²) in [4.78, 5) is 10.8. The third-order valence-corrected chi connectivity index (χ3v) is 5.18. The van der Waals surface area contributed by atoms with E-state index < -0.39 is 11.6 Å². The average molecular weight is 409 g/mol. The summed E-state index contributed by atoms with van der Waals surface area (Å²) in [6.45, 7) is 4.57. The molecule has 1 fully saturated rings. The Morgan fingerprint density at radius 1 is 1.17 bits per heavy atom. The van der Waals surface area contributed by atoms with E-state index in [-0.39, 0.29) is 6.61 Å². The molecule has 1 aromatic heterocycles. The minimum atomic E-state index is -1.000. The molecule has 0 atom stereocenters. The second kappa shape index (κ2) is 8.30. The SMILES string of the molecule is Cc1noc(C)c1-c1cccc(COc2ccc(C3(OCC(=O)O)COC3)cc2)c1. The maximum absolute atomic E-state index is 10.8. The second-order valence-electron chi connectivity index (χ2n) is 7.38. The van der Waals surface area contributed by atoms with Gasteiger partial charge in [0.2, 0.25) is 0 Å². The van der Waals surface area contributed by atoms with Gasteiger partial charge in [0, 0.05) is 5.56 Å². The fraction of sp³-hybridized carbons (Fsp3) is 0.304. The maximum Gasteiger partial charge on any atom is 0.329 e. The molecule has 1 N–H and O–H groups in total. The molecule has 7 nitrogen and oxygen atoms in total. The van der Waals surface area contributed by atoms with Crippen molar-refractivity contribution in [2.45, 2.75) is 26.1 Å². The number of carboxylic acid groups (broad SMARTS) is 1. The van der Waals surface area contributed by atoms with E-state index in [0.29, 0.717) is 19.8 Å². The van der Waals surface area contributed by atoms with Crippen LogP contribution in [0.2, 0.25) is 0 Å². The van der Waals surface area contributed by atoms with Gasteiger partial charge in [-0.2, -0.15) is 0 Å². The van der Waals surface area contributed by atoms with Crippen LogP contribution in [0.25, 0.3) is 11.1 Å². The van der Waals surface area contributed by atoms with Gasteiger partial charge in [-0.05, 0) is 48.7 Å². The van der Waals surface area contributed by atoms with E-state index in [0.717, 1.165) is 39.5 Å². The highest BCUT2D eigenvalue weighted by Gasteiger charge is 2.42. The summed E-state index contributed by atoms with van der Waals surface area (Å²) < 4.78 is 22.0. The summed E-state index contributed by atoms with van der Waals surface area (Å²) in [6.07, 6.45) is 0. The van der Waals surface area contributed by atoms with Gasteiger partial charge in [-0.15, -0.1) is 0 Å². The van der Waals surface area contributed by atoms with E-state index in [4.69, 9.17) is 23.8 Å². The van der Waals surface area contributed by atoms with E-state index >= 15 is 0 Å². The quantitative estimate of drug-likeness (QED) is 0.604. The van der Waals surface area contributed by atoms with Crippen molar-refractivity contribution in [2.24, 2.45) is 0 Å². The minimum Gasteiger partial charge on any atom is -0.489 e. The predicted octanol–water partition coefficient (Wildman–Crippen LogP) is 3.86. The summed E-state index contributed by atoms with van der Waals surface area (Å²) in [6, 6.07) is 15.6. The molecule has 156 valence electrons. The number of hydrogen-bond acceptors (Lipinski definition) is 6. The van der Waals surface area contributed by atoms with Gasteiger partial charge < -0.3 is 23.8 Å². The molecule has 0 radical (unpaired) electrons. The molecule has 1 aliphatic rings. The lowest BCUT2D eigenvalue weighted by Gasteiger charge is -2.41. The van der Waals surface area contributed by atoms with Gasteiger partial charge in [-0.3, -0.25) is 0 Å². The lowest BCUT2D eigenvalue weighted by atomic mass is 9.91. The molecule has 3 aromatic rings. The molecular weight excluding hydrogens is 386 g/mol. The zero-order chi connectivity index (χ0) is 21.1. The Kier molecular flexibility index (Phi) is 5.57. The fourth-order valence-electron chi connectivity index (χ4n) is 3.55.